The maximum absolute atomic E-state index is 12.9. The maximum Gasteiger partial charge on any atom is 0.337 e. The number of hydrogen-bond donors (Lipinski definition) is 1. The molecule has 136 valence electrons. The van der Waals surface area contributed by atoms with Gasteiger partial charge in [-0.05, 0) is 37.1 Å². The van der Waals surface area contributed by atoms with Crippen LogP contribution < -0.4 is 4.31 Å². The Hall–Kier alpha value is -2.72. The Bertz CT molecular complexity index is 1140. The van der Waals surface area contributed by atoms with E-state index >= 15 is 0 Å². The minimum atomic E-state index is -4.23. The molecule has 9 nitrogen and oxygen atoms in total. The molecule has 1 N–H and O–H groups in total. The van der Waals surface area contributed by atoms with E-state index in [1.807, 2.05) is 0 Å². The number of halogens is 1. The zero-order chi connectivity index (χ0) is 19.2. The third-order valence-electron chi connectivity index (χ3n) is 3.80. The molecule has 1 aromatic carbocycles. The highest BCUT2D eigenvalue weighted by Gasteiger charge is 2.31. The molecule has 0 bridgehead atoms. The van der Waals surface area contributed by atoms with E-state index in [0.717, 1.165) is 9.87 Å². The molecule has 0 amide bonds. The molecular formula is C15H14ClN5O4S. The predicted octanol–water partition coefficient (Wildman–Crippen LogP) is 1.92. The zero-order valence-corrected chi connectivity index (χ0v) is 15.6. The highest BCUT2D eigenvalue weighted by atomic mass is 35.5. The molecule has 0 unspecified atom stereocenters. The predicted molar refractivity (Wildman–Crippen MR) is 94.3 cm³/mol. The molecule has 0 spiro atoms. The van der Waals surface area contributed by atoms with Crippen molar-refractivity contribution in [2.75, 3.05) is 11.4 Å². The van der Waals surface area contributed by atoms with Crippen molar-refractivity contribution in [3.8, 4) is 0 Å². The number of carboxylic acids is 1. The van der Waals surface area contributed by atoms with E-state index in [2.05, 4.69) is 15.1 Å². The van der Waals surface area contributed by atoms with Crippen LogP contribution in [0.4, 0.5) is 5.69 Å². The average molecular weight is 396 g/mol. The SMILES string of the molecule is Cc1cnc2nc(S(=O)(=O)N(C)c3c(C(=O)O)ccc(Cl)c3C)nn2c1. The molecule has 0 radical (unpaired) electrons. The van der Waals surface area contributed by atoms with Crippen LogP contribution in [0.2, 0.25) is 5.02 Å². The number of benzene rings is 1. The molecule has 0 aliphatic heterocycles. The summed E-state index contributed by atoms with van der Waals surface area (Å²) in [4.78, 5) is 19.5. The number of anilines is 1. The van der Waals surface area contributed by atoms with Crippen LogP contribution in [0.15, 0.2) is 29.7 Å². The Labute approximate surface area is 153 Å². The van der Waals surface area contributed by atoms with E-state index in [4.69, 9.17) is 11.6 Å². The largest absolute Gasteiger partial charge is 0.478 e. The third kappa shape index (κ3) is 2.86. The molecule has 3 aromatic rings. The Balaban J connectivity index is 2.18. The Morgan fingerprint density at radius 1 is 1.31 bits per heavy atom. The summed E-state index contributed by atoms with van der Waals surface area (Å²) < 4.78 is 28.0. The lowest BCUT2D eigenvalue weighted by atomic mass is 10.1. The lowest BCUT2D eigenvalue weighted by Crippen LogP contribution is -2.30. The van der Waals surface area contributed by atoms with Crippen molar-refractivity contribution in [2.45, 2.75) is 19.0 Å². The van der Waals surface area contributed by atoms with E-state index in [1.54, 1.807) is 13.1 Å². The van der Waals surface area contributed by atoms with Crippen molar-refractivity contribution in [2.24, 2.45) is 0 Å². The van der Waals surface area contributed by atoms with Gasteiger partial charge in [0.2, 0.25) is 0 Å². The van der Waals surface area contributed by atoms with Crippen LogP contribution in [0.25, 0.3) is 5.78 Å². The van der Waals surface area contributed by atoms with Crippen LogP contribution in [-0.4, -0.2) is 46.1 Å². The van der Waals surface area contributed by atoms with Crippen molar-refractivity contribution >= 4 is 39.1 Å². The first-order chi connectivity index (χ1) is 12.1. The van der Waals surface area contributed by atoms with E-state index < -0.39 is 21.1 Å². The van der Waals surface area contributed by atoms with Gasteiger partial charge in [0.05, 0.1) is 11.3 Å². The van der Waals surface area contributed by atoms with E-state index in [1.165, 1.54) is 36.8 Å². The Morgan fingerprint density at radius 2 is 2.00 bits per heavy atom. The number of aryl methyl sites for hydroxylation is 1. The standard InChI is InChI=1S/C15H14ClN5O4S/c1-8-6-17-14-18-15(19-21(14)7-8)26(24,25)20(3)12-9(2)11(16)5-4-10(12)13(22)23/h4-7H,1-3H3,(H,22,23). The minimum Gasteiger partial charge on any atom is -0.478 e. The summed E-state index contributed by atoms with van der Waals surface area (Å²) in [5.41, 5.74) is 0.845. The van der Waals surface area contributed by atoms with Gasteiger partial charge in [0.1, 0.15) is 0 Å². The highest BCUT2D eigenvalue weighted by molar-refractivity contribution is 7.92. The molecule has 26 heavy (non-hydrogen) atoms. The quantitative estimate of drug-likeness (QED) is 0.716. The molecule has 0 aliphatic rings. The van der Waals surface area contributed by atoms with Gasteiger partial charge in [0.15, 0.2) is 0 Å². The number of sulfonamides is 1. The van der Waals surface area contributed by atoms with E-state index in [9.17, 15) is 18.3 Å². The van der Waals surface area contributed by atoms with Gasteiger partial charge in [0, 0.05) is 24.5 Å². The first kappa shape index (κ1) is 18.1. The first-order valence-corrected chi connectivity index (χ1v) is 9.15. The van der Waals surface area contributed by atoms with Crippen LogP contribution in [0.5, 0.6) is 0 Å². The number of aromatic nitrogens is 4. The summed E-state index contributed by atoms with van der Waals surface area (Å²) in [5, 5.41) is 13.1. The van der Waals surface area contributed by atoms with Gasteiger partial charge in [-0.25, -0.2) is 14.3 Å². The van der Waals surface area contributed by atoms with Crippen LogP contribution in [0, 0.1) is 13.8 Å². The number of fused-ring (bicyclic) bond motifs is 1. The van der Waals surface area contributed by atoms with Crippen LogP contribution >= 0.6 is 11.6 Å². The fraction of sp³-hybridized carbons (Fsp3) is 0.200. The minimum absolute atomic E-state index is 0.0482. The number of carboxylic acid groups (broad SMARTS) is 1. The Kier molecular flexibility index (Phi) is 4.32. The van der Waals surface area contributed by atoms with Gasteiger partial charge in [-0.1, -0.05) is 11.6 Å². The highest BCUT2D eigenvalue weighted by Crippen LogP contribution is 2.33. The van der Waals surface area contributed by atoms with E-state index in [-0.39, 0.29) is 22.1 Å². The summed E-state index contributed by atoms with van der Waals surface area (Å²) in [7, 11) is -3.01. The lowest BCUT2D eigenvalue weighted by molar-refractivity contribution is 0.0697. The molecular weight excluding hydrogens is 382 g/mol. The molecule has 2 heterocycles. The molecule has 0 atom stereocenters. The van der Waals surface area contributed by atoms with Crippen LogP contribution in [0.1, 0.15) is 21.5 Å². The third-order valence-corrected chi connectivity index (χ3v) is 5.75. The fourth-order valence-corrected chi connectivity index (χ4v) is 3.72. The maximum atomic E-state index is 12.9. The zero-order valence-electron chi connectivity index (χ0n) is 14.0. The summed E-state index contributed by atoms with van der Waals surface area (Å²) in [6.45, 7) is 3.32. The normalized spacial score (nSPS) is 11.7. The van der Waals surface area contributed by atoms with Gasteiger partial charge in [-0.15, -0.1) is 5.10 Å². The fourth-order valence-electron chi connectivity index (χ4n) is 2.46. The molecule has 11 heteroatoms. The molecule has 0 aliphatic carbocycles. The second-order valence-corrected chi connectivity index (χ2v) is 7.89. The molecule has 3 rings (SSSR count). The van der Waals surface area contributed by atoms with Gasteiger partial charge < -0.3 is 5.11 Å². The van der Waals surface area contributed by atoms with Crippen LogP contribution in [-0.2, 0) is 10.0 Å². The number of aromatic carboxylic acids is 1. The van der Waals surface area contributed by atoms with Gasteiger partial charge in [-0.3, -0.25) is 4.31 Å². The number of nitrogens with zero attached hydrogens (tertiary/aromatic N) is 5. The van der Waals surface area contributed by atoms with Crippen LogP contribution in [0.3, 0.4) is 0 Å². The van der Waals surface area contributed by atoms with Crippen molar-refractivity contribution in [3.05, 3.63) is 46.2 Å². The second kappa shape index (κ2) is 6.22. The van der Waals surface area contributed by atoms with Crippen molar-refractivity contribution < 1.29 is 18.3 Å². The van der Waals surface area contributed by atoms with Crippen molar-refractivity contribution in [3.63, 3.8) is 0 Å². The molecule has 0 fully saturated rings. The summed E-state index contributed by atoms with van der Waals surface area (Å²) in [6, 6.07) is 2.65. The molecule has 0 saturated carbocycles. The molecule has 0 saturated heterocycles. The topological polar surface area (TPSA) is 118 Å². The van der Waals surface area contributed by atoms with Gasteiger partial charge >= 0.3 is 16.0 Å². The molecule has 2 aromatic heterocycles. The summed E-state index contributed by atoms with van der Waals surface area (Å²) in [5.74, 6) is -1.16. The average Bonchev–Trinajstić information content (AvgIpc) is 3.00. The first-order valence-electron chi connectivity index (χ1n) is 7.33. The van der Waals surface area contributed by atoms with E-state index in [0.29, 0.717) is 5.56 Å². The number of rotatable bonds is 4. The number of carbonyl (C=O) groups is 1. The summed E-state index contributed by atoms with van der Waals surface area (Å²) in [6.07, 6.45) is 3.12. The lowest BCUT2D eigenvalue weighted by Gasteiger charge is -2.22. The van der Waals surface area contributed by atoms with Crippen molar-refractivity contribution in [1.82, 2.24) is 19.6 Å². The monoisotopic (exact) mass is 395 g/mol. The Morgan fingerprint density at radius 3 is 2.65 bits per heavy atom. The smallest absolute Gasteiger partial charge is 0.337 e. The number of hydrogen-bond acceptors (Lipinski definition) is 6. The second-order valence-electron chi connectivity index (χ2n) is 5.62. The van der Waals surface area contributed by atoms with Gasteiger partial charge in [0.25, 0.3) is 10.9 Å². The van der Waals surface area contributed by atoms with Crippen molar-refractivity contribution in [1.29, 1.82) is 0 Å². The summed E-state index contributed by atoms with van der Waals surface area (Å²) >= 11 is 6.05. The van der Waals surface area contributed by atoms with Gasteiger partial charge in [-0.2, -0.15) is 13.4 Å².